The summed E-state index contributed by atoms with van der Waals surface area (Å²) in [7, 11) is 0. The first-order valence-corrected chi connectivity index (χ1v) is 8.55. The lowest BCUT2D eigenvalue weighted by molar-refractivity contribution is 0.301. The monoisotopic (exact) mass is 291 g/mol. The highest BCUT2D eigenvalue weighted by atomic mass is 32.2. The number of benzene rings is 1. The number of nitrogens with one attached hydrogen (secondary N) is 1. The van der Waals surface area contributed by atoms with Gasteiger partial charge < -0.3 is 10.6 Å². The first-order valence-electron chi connectivity index (χ1n) is 7.33. The van der Waals surface area contributed by atoms with Gasteiger partial charge in [-0.25, -0.2) is 0 Å². The van der Waals surface area contributed by atoms with Crippen LogP contribution in [0.25, 0.3) is 0 Å². The summed E-state index contributed by atoms with van der Waals surface area (Å²) in [5, 5.41) is 7.91. The van der Waals surface area contributed by atoms with Gasteiger partial charge in [-0.2, -0.15) is 0 Å². The lowest BCUT2D eigenvalue weighted by atomic mass is 9.82. The van der Waals surface area contributed by atoms with Crippen LogP contribution in [0.1, 0.15) is 38.7 Å². The Hall–Kier alpha value is -1.16. The van der Waals surface area contributed by atoms with Crippen LogP contribution in [0.15, 0.2) is 23.1 Å². The van der Waals surface area contributed by atoms with Gasteiger partial charge in [-0.05, 0) is 43.1 Å². The van der Waals surface area contributed by atoms with Gasteiger partial charge in [0.05, 0.1) is 5.56 Å². The van der Waals surface area contributed by atoms with E-state index in [4.69, 9.17) is 11.1 Å². The van der Waals surface area contributed by atoms with Crippen molar-refractivity contribution >= 4 is 23.3 Å². The van der Waals surface area contributed by atoms with Gasteiger partial charge in [0.2, 0.25) is 0 Å². The van der Waals surface area contributed by atoms with Gasteiger partial charge in [0.1, 0.15) is 5.84 Å². The lowest BCUT2D eigenvalue weighted by Gasteiger charge is -2.28. The van der Waals surface area contributed by atoms with E-state index < -0.39 is 0 Å². The predicted molar refractivity (Wildman–Crippen MR) is 89.1 cm³/mol. The molecule has 0 bridgehead atoms. The van der Waals surface area contributed by atoms with E-state index >= 15 is 0 Å². The van der Waals surface area contributed by atoms with Crippen LogP contribution in [0.2, 0.25) is 0 Å². The summed E-state index contributed by atoms with van der Waals surface area (Å²) < 4.78 is 0. The van der Waals surface area contributed by atoms with Crippen LogP contribution in [0.4, 0.5) is 5.69 Å². The Balaban J connectivity index is 2.37. The second kappa shape index (κ2) is 6.08. The van der Waals surface area contributed by atoms with Gasteiger partial charge in [0.25, 0.3) is 0 Å². The molecule has 0 aliphatic carbocycles. The van der Waals surface area contributed by atoms with Crippen LogP contribution in [0, 0.1) is 10.8 Å². The van der Waals surface area contributed by atoms with Crippen LogP contribution >= 0.6 is 11.8 Å². The van der Waals surface area contributed by atoms with E-state index in [-0.39, 0.29) is 5.84 Å². The molecule has 2 rings (SSSR count). The molecule has 110 valence electrons. The van der Waals surface area contributed by atoms with Gasteiger partial charge in [0, 0.05) is 23.7 Å². The van der Waals surface area contributed by atoms with Crippen LogP contribution in [0.5, 0.6) is 0 Å². The molecule has 1 saturated heterocycles. The molecule has 3 N–H and O–H groups in total. The van der Waals surface area contributed by atoms with Crippen molar-refractivity contribution in [3.63, 3.8) is 0 Å². The average molecular weight is 291 g/mol. The van der Waals surface area contributed by atoms with Crippen molar-refractivity contribution in [3.05, 3.63) is 23.8 Å². The van der Waals surface area contributed by atoms with E-state index in [2.05, 4.69) is 30.9 Å². The van der Waals surface area contributed by atoms with E-state index in [9.17, 15) is 0 Å². The normalized spacial score (nSPS) is 17.4. The number of nitrogens with two attached hydrogens (primary N) is 1. The second-order valence-electron chi connectivity index (χ2n) is 5.65. The Kier molecular flexibility index (Phi) is 4.63. The molecule has 0 atom stereocenters. The molecule has 1 aliphatic rings. The molecule has 20 heavy (non-hydrogen) atoms. The summed E-state index contributed by atoms with van der Waals surface area (Å²) in [5.74, 6) is 0.176. The fraction of sp³-hybridized carbons (Fsp3) is 0.562. The van der Waals surface area contributed by atoms with Crippen molar-refractivity contribution in [2.24, 2.45) is 11.1 Å². The lowest BCUT2D eigenvalue weighted by Crippen LogP contribution is -2.28. The van der Waals surface area contributed by atoms with Crippen molar-refractivity contribution in [1.29, 1.82) is 5.41 Å². The van der Waals surface area contributed by atoms with Gasteiger partial charge in [-0.1, -0.05) is 19.9 Å². The molecule has 1 aromatic rings. The molecule has 3 nitrogen and oxygen atoms in total. The number of anilines is 1. The maximum absolute atomic E-state index is 7.91. The number of hydrogen-bond donors (Lipinski definition) is 2. The van der Waals surface area contributed by atoms with Gasteiger partial charge in [0.15, 0.2) is 0 Å². The smallest absolute Gasteiger partial charge is 0.126 e. The molecule has 4 heteroatoms. The highest BCUT2D eigenvalue weighted by Gasteiger charge is 2.36. The van der Waals surface area contributed by atoms with Crippen molar-refractivity contribution in [3.8, 4) is 0 Å². The number of rotatable bonds is 5. The van der Waals surface area contributed by atoms with E-state index in [1.54, 1.807) is 11.8 Å². The Labute approximate surface area is 126 Å². The minimum atomic E-state index is 0.176. The Morgan fingerprint density at radius 1 is 1.40 bits per heavy atom. The topological polar surface area (TPSA) is 53.1 Å². The number of amidine groups is 1. The van der Waals surface area contributed by atoms with Crippen molar-refractivity contribution in [2.75, 3.05) is 24.2 Å². The maximum Gasteiger partial charge on any atom is 0.126 e. The Bertz CT molecular complexity index is 494. The minimum absolute atomic E-state index is 0.176. The maximum atomic E-state index is 7.91. The molecular weight excluding hydrogens is 266 g/mol. The fourth-order valence-corrected chi connectivity index (χ4v) is 3.83. The largest absolute Gasteiger partial charge is 0.384 e. The number of nitrogens with zero attached hydrogens (tertiary/aromatic N) is 1. The van der Waals surface area contributed by atoms with Crippen molar-refractivity contribution in [2.45, 2.75) is 38.0 Å². The van der Waals surface area contributed by atoms with E-state index in [0.29, 0.717) is 5.41 Å². The van der Waals surface area contributed by atoms with Crippen LogP contribution in [-0.4, -0.2) is 25.2 Å². The van der Waals surface area contributed by atoms with E-state index in [1.165, 1.54) is 19.3 Å². The summed E-state index contributed by atoms with van der Waals surface area (Å²) >= 11 is 1.66. The van der Waals surface area contributed by atoms with Crippen molar-refractivity contribution < 1.29 is 0 Å². The molecule has 1 heterocycles. The summed E-state index contributed by atoms with van der Waals surface area (Å²) in [6, 6.07) is 6.23. The summed E-state index contributed by atoms with van der Waals surface area (Å²) in [4.78, 5) is 3.52. The highest BCUT2D eigenvalue weighted by Crippen LogP contribution is 2.41. The third-order valence-corrected chi connectivity index (χ3v) is 5.55. The zero-order chi connectivity index (χ0) is 14.8. The molecule has 1 aliphatic heterocycles. The molecule has 0 amide bonds. The summed E-state index contributed by atoms with van der Waals surface area (Å²) in [6.07, 6.45) is 5.72. The number of thioether (sulfide) groups is 1. The number of hydrogen-bond acceptors (Lipinski definition) is 3. The molecule has 0 saturated carbocycles. The molecule has 0 aromatic heterocycles. The molecule has 0 radical (unpaired) electrons. The van der Waals surface area contributed by atoms with Gasteiger partial charge in [-0.3, -0.25) is 5.41 Å². The third-order valence-electron chi connectivity index (χ3n) is 4.77. The molecule has 0 unspecified atom stereocenters. The van der Waals surface area contributed by atoms with Crippen LogP contribution in [-0.2, 0) is 0 Å². The summed E-state index contributed by atoms with van der Waals surface area (Å²) in [5.41, 5.74) is 8.31. The number of nitrogen functional groups attached to an aromatic ring is 1. The molecule has 0 spiro atoms. The molecule has 1 aromatic carbocycles. The highest BCUT2D eigenvalue weighted by molar-refractivity contribution is 7.98. The second-order valence-corrected chi connectivity index (χ2v) is 6.49. The zero-order valence-corrected chi connectivity index (χ0v) is 13.5. The van der Waals surface area contributed by atoms with E-state index in [0.717, 1.165) is 29.2 Å². The van der Waals surface area contributed by atoms with Crippen LogP contribution < -0.4 is 10.6 Å². The third kappa shape index (κ3) is 2.66. The predicted octanol–water partition coefficient (Wildman–Crippen LogP) is 3.71. The quantitative estimate of drug-likeness (QED) is 0.494. The first-order chi connectivity index (χ1) is 9.56. The first kappa shape index (κ1) is 15.2. The van der Waals surface area contributed by atoms with Gasteiger partial charge >= 0.3 is 0 Å². The Morgan fingerprint density at radius 3 is 2.60 bits per heavy atom. The summed E-state index contributed by atoms with van der Waals surface area (Å²) in [6.45, 7) is 6.73. The fourth-order valence-electron chi connectivity index (χ4n) is 3.19. The average Bonchev–Trinajstić information content (AvgIpc) is 2.91. The SMILES string of the molecule is CCC1(CC)CCN(c2cccc(SC)c2C(=N)N)C1. The van der Waals surface area contributed by atoms with Crippen molar-refractivity contribution in [1.82, 2.24) is 0 Å². The Morgan fingerprint density at radius 2 is 2.10 bits per heavy atom. The van der Waals surface area contributed by atoms with Crippen LogP contribution in [0.3, 0.4) is 0 Å². The van der Waals surface area contributed by atoms with Gasteiger partial charge in [-0.15, -0.1) is 11.8 Å². The minimum Gasteiger partial charge on any atom is -0.384 e. The molecule has 1 fully saturated rings. The zero-order valence-electron chi connectivity index (χ0n) is 12.7. The van der Waals surface area contributed by atoms with E-state index in [1.807, 2.05) is 12.3 Å². The standard InChI is InChI=1S/C16H25N3S/c1-4-16(5-2)9-10-19(11-16)12-7-6-8-13(20-3)14(12)15(17)18/h6-8H,4-5,9-11H2,1-3H3,(H3,17,18). The molecular formula is C16H25N3S.